The highest BCUT2D eigenvalue weighted by molar-refractivity contribution is 9.10. The maximum atomic E-state index is 13.3. The number of aliphatic imine (C=N–C) groups is 1. The minimum atomic E-state index is -0.337. The zero-order valence-electron chi connectivity index (χ0n) is 17.6. The number of carbonyl (C=O) groups is 1. The van der Waals surface area contributed by atoms with Crippen LogP contribution in [0.15, 0.2) is 81.1 Å². The van der Waals surface area contributed by atoms with Gasteiger partial charge in [-0.3, -0.25) is 9.69 Å². The first kappa shape index (κ1) is 23.2. The van der Waals surface area contributed by atoms with Gasteiger partial charge >= 0.3 is 0 Å². The van der Waals surface area contributed by atoms with Crippen molar-refractivity contribution in [2.24, 2.45) is 4.99 Å². The third kappa shape index (κ3) is 5.69. The molecule has 1 amide bonds. The zero-order valence-corrected chi connectivity index (χ0v) is 20.0. The Labute approximate surface area is 203 Å². The van der Waals surface area contributed by atoms with E-state index in [4.69, 9.17) is 4.74 Å². The molecule has 1 aliphatic rings. The van der Waals surface area contributed by atoms with Gasteiger partial charge in [-0.1, -0.05) is 18.2 Å². The summed E-state index contributed by atoms with van der Waals surface area (Å²) in [7, 11) is 0. The fourth-order valence-corrected chi connectivity index (χ4v) is 4.73. The molecule has 0 atom stereocenters. The lowest BCUT2D eigenvalue weighted by Gasteiger charge is -2.12. The second-order valence-corrected chi connectivity index (χ2v) is 9.00. The Bertz CT molecular complexity index is 1250. The molecule has 1 heterocycles. The molecule has 0 bridgehead atoms. The Morgan fingerprint density at radius 3 is 2.55 bits per heavy atom. The summed E-state index contributed by atoms with van der Waals surface area (Å²) in [4.78, 5) is 19.5. The summed E-state index contributed by atoms with van der Waals surface area (Å²) in [5, 5.41) is 0.550. The number of benzene rings is 3. The molecule has 3 aromatic carbocycles. The summed E-state index contributed by atoms with van der Waals surface area (Å²) in [5.74, 6) is -0.165. The van der Waals surface area contributed by atoms with E-state index in [9.17, 15) is 13.6 Å². The van der Waals surface area contributed by atoms with Gasteiger partial charge in [0.2, 0.25) is 0 Å². The van der Waals surface area contributed by atoms with E-state index in [1.165, 1.54) is 36.0 Å². The van der Waals surface area contributed by atoms with Crippen LogP contribution < -0.4 is 4.74 Å². The Kier molecular flexibility index (Phi) is 7.25. The molecule has 0 aliphatic carbocycles. The van der Waals surface area contributed by atoms with E-state index in [1.807, 2.05) is 19.1 Å². The van der Waals surface area contributed by atoms with Gasteiger partial charge < -0.3 is 4.74 Å². The van der Waals surface area contributed by atoms with Crippen LogP contribution in [-0.4, -0.2) is 22.5 Å². The highest BCUT2D eigenvalue weighted by Crippen LogP contribution is 2.35. The van der Waals surface area contributed by atoms with Crippen molar-refractivity contribution in [1.29, 1.82) is 0 Å². The molecule has 3 aromatic rings. The van der Waals surface area contributed by atoms with Gasteiger partial charge in [0.1, 0.15) is 24.0 Å². The van der Waals surface area contributed by atoms with Crippen molar-refractivity contribution in [1.82, 2.24) is 4.90 Å². The van der Waals surface area contributed by atoms with Crippen molar-refractivity contribution in [2.75, 3.05) is 6.54 Å². The van der Waals surface area contributed by atoms with E-state index in [-0.39, 0.29) is 24.1 Å². The summed E-state index contributed by atoms with van der Waals surface area (Å²) in [6, 6.07) is 17.6. The molecule has 0 radical (unpaired) electrons. The molecule has 0 saturated carbocycles. The molecule has 8 heteroatoms. The Balaban J connectivity index is 1.51. The van der Waals surface area contributed by atoms with Crippen LogP contribution in [-0.2, 0) is 11.4 Å². The van der Waals surface area contributed by atoms with Crippen LogP contribution in [0.25, 0.3) is 6.08 Å². The normalized spacial score (nSPS) is 16.1. The SMILES string of the molecule is CCN1C(=O)/C(=C\c2ccc(OCc3cccc(F)c3)c(Br)c2)SC1=Nc1ccc(F)cc1. The number of hydrogen-bond acceptors (Lipinski definition) is 4. The van der Waals surface area contributed by atoms with Crippen molar-refractivity contribution in [2.45, 2.75) is 13.5 Å². The van der Waals surface area contributed by atoms with Gasteiger partial charge in [0.15, 0.2) is 5.17 Å². The van der Waals surface area contributed by atoms with E-state index in [0.717, 1.165) is 15.6 Å². The van der Waals surface area contributed by atoms with Crippen LogP contribution in [0.5, 0.6) is 5.75 Å². The van der Waals surface area contributed by atoms with Crippen LogP contribution >= 0.6 is 27.7 Å². The van der Waals surface area contributed by atoms with Crippen molar-refractivity contribution >= 4 is 50.5 Å². The van der Waals surface area contributed by atoms with Gasteiger partial charge in [-0.25, -0.2) is 13.8 Å². The van der Waals surface area contributed by atoms with Crippen molar-refractivity contribution in [3.8, 4) is 5.75 Å². The summed E-state index contributed by atoms with van der Waals surface area (Å²) in [6.07, 6.45) is 1.80. The van der Waals surface area contributed by atoms with Crippen LogP contribution in [0.1, 0.15) is 18.1 Å². The maximum absolute atomic E-state index is 13.3. The molecule has 1 aliphatic heterocycles. The number of likely N-dealkylation sites (N-methyl/N-ethyl adjacent to an activating group) is 1. The fraction of sp³-hybridized carbons (Fsp3) is 0.120. The molecule has 1 fully saturated rings. The van der Waals surface area contributed by atoms with Crippen molar-refractivity contribution in [3.05, 3.63) is 98.9 Å². The average Bonchev–Trinajstić information content (AvgIpc) is 3.08. The minimum Gasteiger partial charge on any atom is -0.488 e. The third-order valence-corrected chi connectivity index (χ3v) is 6.42. The smallest absolute Gasteiger partial charge is 0.266 e. The van der Waals surface area contributed by atoms with Crippen LogP contribution in [0.2, 0.25) is 0 Å². The van der Waals surface area contributed by atoms with Crippen molar-refractivity contribution < 1.29 is 18.3 Å². The molecule has 0 aromatic heterocycles. The molecule has 168 valence electrons. The second kappa shape index (κ2) is 10.3. The van der Waals surface area contributed by atoms with Crippen LogP contribution in [0.3, 0.4) is 0 Å². The quantitative estimate of drug-likeness (QED) is 0.325. The van der Waals surface area contributed by atoms with Gasteiger partial charge in [-0.15, -0.1) is 0 Å². The lowest BCUT2D eigenvalue weighted by Crippen LogP contribution is -2.28. The number of amidine groups is 1. The highest BCUT2D eigenvalue weighted by Gasteiger charge is 2.32. The number of ether oxygens (including phenoxy) is 1. The average molecular weight is 529 g/mol. The Morgan fingerprint density at radius 1 is 1.06 bits per heavy atom. The number of hydrogen-bond donors (Lipinski definition) is 0. The van der Waals surface area contributed by atoms with E-state index in [0.29, 0.717) is 28.1 Å². The van der Waals surface area contributed by atoms with Crippen LogP contribution in [0, 0.1) is 11.6 Å². The molecule has 4 nitrogen and oxygen atoms in total. The van der Waals surface area contributed by atoms with Crippen LogP contribution in [0.4, 0.5) is 14.5 Å². The zero-order chi connectivity index (χ0) is 23.4. The summed E-state index contributed by atoms with van der Waals surface area (Å²) < 4.78 is 33.0. The molecule has 33 heavy (non-hydrogen) atoms. The number of halogens is 3. The van der Waals surface area contributed by atoms with E-state index in [2.05, 4.69) is 20.9 Å². The summed E-state index contributed by atoms with van der Waals surface area (Å²) in [6.45, 7) is 2.59. The first-order valence-corrected chi connectivity index (χ1v) is 11.8. The topological polar surface area (TPSA) is 41.9 Å². The second-order valence-electron chi connectivity index (χ2n) is 7.14. The number of rotatable bonds is 6. The first-order valence-electron chi connectivity index (χ1n) is 10.2. The lowest BCUT2D eigenvalue weighted by molar-refractivity contribution is -0.122. The van der Waals surface area contributed by atoms with Crippen molar-refractivity contribution in [3.63, 3.8) is 0 Å². The fourth-order valence-electron chi connectivity index (χ4n) is 3.16. The monoisotopic (exact) mass is 528 g/mol. The van der Waals surface area contributed by atoms with Gasteiger partial charge in [-0.2, -0.15) is 0 Å². The molecule has 0 unspecified atom stereocenters. The summed E-state index contributed by atoms with van der Waals surface area (Å²) >= 11 is 4.78. The molecule has 0 spiro atoms. The molecular weight excluding hydrogens is 510 g/mol. The van der Waals surface area contributed by atoms with E-state index >= 15 is 0 Å². The summed E-state index contributed by atoms with van der Waals surface area (Å²) in [5.41, 5.74) is 2.12. The minimum absolute atomic E-state index is 0.133. The first-order chi connectivity index (χ1) is 15.9. The molecular formula is C25H19BrF2N2O2S. The highest BCUT2D eigenvalue weighted by atomic mass is 79.9. The standard InChI is InChI=1S/C25H19BrF2N2O2S/c1-2-30-24(31)23(33-25(30)29-20-9-7-18(27)8-10-20)14-16-6-11-22(21(26)13-16)32-15-17-4-3-5-19(28)12-17/h3-14H,2,15H2,1H3/b23-14+,29-25?. The lowest BCUT2D eigenvalue weighted by atomic mass is 10.2. The molecule has 1 saturated heterocycles. The van der Waals surface area contributed by atoms with Gasteiger partial charge in [0.05, 0.1) is 15.1 Å². The number of amides is 1. The predicted molar refractivity (Wildman–Crippen MR) is 131 cm³/mol. The Hall–Kier alpha value is -2.97. The molecule has 4 rings (SSSR count). The van der Waals surface area contributed by atoms with Gasteiger partial charge in [0.25, 0.3) is 5.91 Å². The molecule has 0 N–H and O–H groups in total. The third-order valence-electron chi connectivity index (χ3n) is 4.79. The van der Waals surface area contributed by atoms with Gasteiger partial charge in [0, 0.05) is 6.54 Å². The van der Waals surface area contributed by atoms with Gasteiger partial charge in [-0.05, 0) is 100 Å². The van der Waals surface area contributed by atoms with E-state index in [1.54, 1.807) is 41.3 Å². The number of thioether (sulfide) groups is 1. The van der Waals surface area contributed by atoms with E-state index < -0.39 is 0 Å². The maximum Gasteiger partial charge on any atom is 0.266 e. The Morgan fingerprint density at radius 2 is 1.85 bits per heavy atom. The number of nitrogens with zero attached hydrogens (tertiary/aromatic N) is 2. The largest absolute Gasteiger partial charge is 0.488 e. The predicted octanol–water partition coefficient (Wildman–Crippen LogP) is 6.93. The number of carbonyl (C=O) groups excluding carboxylic acids is 1.